The van der Waals surface area contributed by atoms with Crippen molar-refractivity contribution in [1.29, 1.82) is 0 Å². The van der Waals surface area contributed by atoms with Gasteiger partial charge >= 0.3 is 0 Å². The fourth-order valence-electron chi connectivity index (χ4n) is 2.24. The zero-order valence-electron chi connectivity index (χ0n) is 14.0. The van der Waals surface area contributed by atoms with E-state index in [4.69, 9.17) is 5.73 Å². The lowest BCUT2D eigenvalue weighted by molar-refractivity contribution is 0.584. The first-order valence-electron chi connectivity index (χ1n) is 7.94. The Labute approximate surface area is 143 Å². The molecule has 0 saturated heterocycles. The van der Waals surface area contributed by atoms with Gasteiger partial charge in [0.25, 0.3) is 10.0 Å². The molecule has 2 aromatic rings. The third kappa shape index (κ3) is 4.58. The molecular weight excluding hydrogens is 322 g/mol. The molecule has 0 aliphatic rings. The predicted molar refractivity (Wildman–Crippen MR) is 98.4 cm³/mol. The third-order valence-corrected chi connectivity index (χ3v) is 4.90. The molecule has 0 unspecified atom stereocenters. The molecule has 0 spiro atoms. The van der Waals surface area contributed by atoms with Crippen LogP contribution in [0.25, 0.3) is 0 Å². The van der Waals surface area contributed by atoms with Crippen LogP contribution in [0.3, 0.4) is 0 Å². The van der Waals surface area contributed by atoms with E-state index < -0.39 is 10.0 Å². The summed E-state index contributed by atoms with van der Waals surface area (Å²) in [4.78, 5) is 2.52. The van der Waals surface area contributed by atoms with Gasteiger partial charge in [-0.2, -0.15) is 18.4 Å². The number of hydrogen-bond acceptors (Lipinski definition) is 4. The van der Waals surface area contributed by atoms with Crippen molar-refractivity contribution in [3.8, 4) is 0 Å². The number of nitrogens with one attached hydrogen (secondary N) is 1. The summed E-state index contributed by atoms with van der Waals surface area (Å²) >= 11 is 0. The minimum Gasteiger partial charge on any atom is -0.398 e. The number of aryl methyl sites for hydroxylation is 1. The maximum Gasteiger partial charge on any atom is 0.276 e. The summed E-state index contributed by atoms with van der Waals surface area (Å²) in [6.45, 7) is 3.98. The molecule has 2 aromatic carbocycles. The molecule has 0 amide bonds. The Hall–Kier alpha value is -2.34. The molecule has 0 fully saturated rings. The van der Waals surface area contributed by atoms with E-state index in [1.54, 1.807) is 30.3 Å². The number of anilines is 1. The van der Waals surface area contributed by atoms with E-state index in [1.165, 1.54) is 0 Å². The number of benzene rings is 2. The van der Waals surface area contributed by atoms with Crippen molar-refractivity contribution in [2.24, 2.45) is 5.10 Å². The number of para-hydroxylation sites is 1. The summed E-state index contributed by atoms with van der Waals surface area (Å²) < 4.78 is 24.8. The van der Waals surface area contributed by atoms with Gasteiger partial charge in [0.05, 0.1) is 10.6 Å². The quantitative estimate of drug-likeness (QED) is 0.458. The summed E-state index contributed by atoms with van der Waals surface area (Å²) in [6.07, 6.45) is 2.54. The molecule has 3 N–H and O–H groups in total. The highest BCUT2D eigenvalue weighted by atomic mass is 32.2. The molecule has 0 aliphatic carbocycles. The Morgan fingerprint density at radius 2 is 1.79 bits per heavy atom. The summed E-state index contributed by atoms with van der Waals surface area (Å²) in [7, 11) is -3.70. The van der Waals surface area contributed by atoms with Crippen LogP contribution in [0.4, 0.5) is 5.69 Å². The van der Waals surface area contributed by atoms with Crippen molar-refractivity contribution in [3.63, 3.8) is 0 Å². The van der Waals surface area contributed by atoms with Gasteiger partial charge in [0.2, 0.25) is 0 Å². The topological polar surface area (TPSA) is 84.5 Å². The Morgan fingerprint density at radius 3 is 2.42 bits per heavy atom. The monoisotopic (exact) mass is 345 g/mol. The maximum absolute atomic E-state index is 12.4. The van der Waals surface area contributed by atoms with Crippen LogP contribution in [0.1, 0.15) is 37.3 Å². The van der Waals surface area contributed by atoms with Crippen LogP contribution in [0.2, 0.25) is 0 Å². The Balaban J connectivity index is 2.30. The van der Waals surface area contributed by atoms with Crippen molar-refractivity contribution in [2.75, 3.05) is 5.73 Å². The Bertz CT molecular complexity index is 812. The zero-order valence-corrected chi connectivity index (χ0v) is 14.8. The highest BCUT2D eigenvalue weighted by Crippen LogP contribution is 2.16. The van der Waals surface area contributed by atoms with Crippen molar-refractivity contribution in [3.05, 3.63) is 59.7 Å². The second-order valence-electron chi connectivity index (χ2n) is 5.66. The van der Waals surface area contributed by atoms with E-state index in [2.05, 4.69) is 16.9 Å². The smallest absolute Gasteiger partial charge is 0.276 e. The van der Waals surface area contributed by atoms with E-state index in [1.807, 2.05) is 25.1 Å². The summed E-state index contributed by atoms with van der Waals surface area (Å²) in [6, 6.07) is 14.0. The van der Waals surface area contributed by atoms with Gasteiger partial charge in [-0.1, -0.05) is 49.2 Å². The van der Waals surface area contributed by atoms with Gasteiger partial charge in [-0.05, 0) is 38.0 Å². The van der Waals surface area contributed by atoms with Gasteiger partial charge in [0.15, 0.2) is 0 Å². The van der Waals surface area contributed by atoms with Crippen LogP contribution in [-0.4, -0.2) is 14.1 Å². The molecule has 6 heteroatoms. The van der Waals surface area contributed by atoms with Crippen molar-refractivity contribution in [1.82, 2.24) is 4.83 Å². The molecule has 128 valence electrons. The van der Waals surface area contributed by atoms with Crippen LogP contribution >= 0.6 is 0 Å². The molecular formula is C18H23N3O2S. The number of hydrogen-bond donors (Lipinski definition) is 2. The van der Waals surface area contributed by atoms with Gasteiger partial charge < -0.3 is 5.73 Å². The molecule has 0 aliphatic heterocycles. The van der Waals surface area contributed by atoms with Crippen LogP contribution in [0.15, 0.2) is 58.5 Å². The molecule has 2 rings (SSSR count). The van der Waals surface area contributed by atoms with E-state index >= 15 is 0 Å². The number of nitrogen functional groups attached to an aromatic ring is 1. The molecule has 0 saturated carbocycles. The summed E-state index contributed by atoms with van der Waals surface area (Å²) in [5.74, 6) is 0. The van der Waals surface area contributed by atoms with Gasteiger partial charge in [-0.3, -0.25) is 0 Å². The van der Waals surface area contributed by atoms with Crippen LogP contribution in [0, 0.1) is 6.92 Å². The standard InChI is InChI=1S/C18H23N3O2S/c1-3-4-9-18(16-7-5-6-8-17(16)19)20-21-24(22,23)15-12-10-14(2)11-13-15/h5-8,10-13,21H,3-4,9,19H2,1-2H3. The molecule has 24 heavy (non-hydrogen) atoms. The molecule has 0 bridgehead atoms. The third-order valence-electron chi connectivity index (χ3n) is 3.67. The van der Waals surface area contributed by atoms with Gasteiger partial charge in [-0.25, -0.2) is 0 Å². The van der Waals surface area contributed by atoms with E-state index in [0.717, 1.165) is 24.0 Å². The minimum atomic E-state index is -3.70. The van der Waals surface area contributed by atoms with Crippen LogP contribution in [0.5, 0.6) is 0 Å². The van der Waals surface area contributed by atoms with Gasteiger partial charge in [0.1, 0.15) is 0 Å². The molecule has 0 aromatic heterocycles. The average molecular weight is 345 g/mol. The average Bonchev–Trinajstić information content (AvgIpc) is 2.56. The van der Waals surface area contributed by atoms with E-state index in [0.29, 0.717) is 17.8 Å². The number of sulfonamides is 1. The van der Waals surface area contributed by atoms with Crippen molar-refractivity contribution < 1.29 is 8.42 Å². The summed E-state index contributed by atoms with van der Waals surface area (Å²) in [5.41, 5.74) is 8.99. The first-order chi connectivity index (χ1) is 11.4. The molecule has 0 atom stereocenters. The Kier molecular flexibility index (Phi) is 5.98. The number of nitrogens with two attached hydrogens (primary N) is 1. The Morgan fingerprint density at radius 1 is 1.12 bits per heavy atom. The number of rotatable bonds is 7. The lowest BCUT2D eigenvalue weighted by Gasteiger charge is -2.10. The largest absolute Gasteiger partial charge is 0.398 e. The summed E-state index contributed by atoms with van der Waals surface area (Å²) in [5, 5.41) is 4.16. The second-order valence-corrected chi connectivity index (χ2v) is 7.32. The minimum absolute atomic E-state index is 0.188. The second kappa shape index (κ2) is 7.97. The van der Waals surface area contributed by atoms with Crippen LogP contribution in [-0.2, 0) is 10.0 Å². The number of unbranched alkanes of at least 4 members (excludes halogenated alkanes) is 1. The van der Waals surface area contributed by atoms with Crippen molar-refractivity contribution in [2.45, 2.75) is 38.0 Å². The SMILES string of the molecule is CCCCC(=NNS(=O)(=O)c1ccc(C)cc1)c1ccccc1N. The number of hydrazone groups is 1. The molecule has 0 radical (unpaired) electrons. The van der Waals surface area contributed by atoms with E-state index in [9.17, 15) is 8.42 Å². The highest BCUT2D eigenvalue weighted by molar-refractivity contribution is 7.89. The highest BCUT2D eigenvalue weighted by Gasteiger charge is 2.14. The lowest BCUT2D eigenvalue weighted by Crippen LogP contribution is -2.21. The molecule has 0 heterocycles. The maximum atomic E-state index is 12.4. The zero-order chi connectivity index (χ0) is 17.6. The fourth-order valence-corrected chi connectivity index (χ4v) is 3.07. The predicted octanol–water partition coefficient (Wildman–Crippen LogP) is 3.45. The normalized spacial score (nSPS) is 12.2. The first-order valence-corrected chi connectivity index (χ1v) is 9.42. The molecule has 5 nitrogen and oxygen atoms in total. The van der Waals surface area contributed by atoms with Gasteiger partial charge in [0, 0.05) is 11.3 Å². The van der Waals surface area contributed by atoms with Gasteiger partial charge in [-0.15, -0.1) is 0 Å². The fraction of sp³-hybridized carbons (Fsp3) is 0.278. The van der Waals surface area contributed by atoms with E-state index in [-0.39, 0.29) is 4.90 Å². The first kappa shape index (κ1) is 18.0. The van der Waals surface area contributed by atoms with Crippen LogP contribution < -0.4 is 10.6 Å². The number of nitrogens with zero attached hydrogens (tertiary/aromatic N) is 1. The lowest BCUT2D eigenvalue weighted by atomic mass is 10.0. The van der Waals surface area contributed by atoms with Crippen molar-refractivity contribution >= 4 is 21.4 Å².